The summed E-state index contributed by atoms with van der Waals surface area (Å²) >= 11 is 0. The minimum absolute atomic E-state index is 0.0390. The highest BCUT2D eigenvalue weighted by Crippen LogP contribution is 2.26. The van der Waals surface area contributed by atoms with E-state index in [9.17, 15) is 9.59 Å². The summed E-state index contributed by atoms with van der Waals surface area (Å²) in [5, 5.41) is 16.6. The van der Waals surface area contributed by atoms with E-state index in [1.165, 1.54) is 0 Å². The van der Waals surface area contributed by atoms with Crippen molar-refractivity contribution in [1.29, 1.82) is 0 Å². The fraction of sp³-hybridized carbons (Fsp3) is 0.476. The van der Waals surface area contributed by atoms with Gasteiger partial charge in [-0.2, -0.15) is 5.10 Å². The number of carboxylic acids is 1. The molecule has 3 rings (SSSR count). The second-order valence-corrected chi connectivity index (χ2v) is 7.69. The number of carboxylic acid groups (broad SMARTS) is 1. The van der Waals surface area contributed by atoms with Gasteiger partial charge in [0.1, 0.15) is 0 Å². The fourth-order valence-electron chi connectivity index (χ4n) is 3.33. The standard InChI is InChI=1S/C21H27N3O4/c1-14(2)13-28-18-12-24(17-6-4-3-5-7-17)23-19(18)20(25)22-16-10-8-15(9-11-16)21(26)27/h3-7,12,14-16H,8-11,13H2,1-2H3,(H,22,25)(H,26,27). The van der Waals surface area contributed by atoms with Crippen molar-refractivity contribution in [1.82, 2.24) is 15.1 Å². The molecule has 1 heterocycles. The Morgan fingerprint density at radius 1 is 1.21 bits per heavy atom. The van der Waals surface area contributed by atoms with E-state index in [2.05, 4.69) is 10.4 Å². The van der Waals surface area contributed by atoms with Crippen molar-refractivity contribution < 1.29 is 19.4 Å². The van der Waals surface area contributed by atoms with E-state index in [-0.39, 0.29) is 23.6 Å². The maximum Gasteiger partial charge on any atom is 0.306 e. The predicted molar refractivity (Wildman–Crippen MR) is 105 cm³/mol. The molecule has 1 aromatic heterocycles. The second kappa shape index (κ2) is 8.91. The first kappa shape index (κ1) is 19.9. The van der Waals surface area contributed by atoms with E-state index in [1.54, 1.807) is 10.9 Å². The molecule has 0 aliphatic heterocycles. The van der Waals surface area contributed by atoms with Gasteiger partial charge in [-0.1, -0.05) is 32.0 Å². The zero-order chi connectivity index (χ0) is 20.1. The van der Waals surface area contributed by atoms with E-state index in [4.69, 9.17) is 9.84 Å². The van der Waals surface area contributed by atoms with Crippen molar-refractivity contribution in [3.63, 3.8) is 0 Å². The van der Waals surface area contributed by atoms with Gasteiger partial charge in [0.25, 0.3) is 5.91 Å². The average Bonchev–Trinajstić information content (AvgIpc) is 3.12. The van der Waals surface area contributed by atoms with Crippen LogP contribution < -0.4 is 10.1 Å². The number of rotatable bonds is 7. The summed E-state index contributed by atoms with van der Waals surface area (Å²) in [5.74, 6) is -0.574. The Labute approximate surface area is 164 Å². The number of carbonyl (C=O) groups is 2. The highest BCUT2D eigenvalue weighted by atomic mass is 16.5. The number of nitrogens with one attached hydrogen (secondary N) is 1. The van der Waals surface area contributed by atoms with Crippen molar-refractivity contribution in [2.75, 3.05) is 6.61 Å². The molecule has 0 bridgehead atoms. The molecule has 150 valence electrons. The van der Waals surface area contributed by atoms with Crippen LogP contribution in [0.3, 0.4) is 0 Å². The molecule has 0 saturated heterocycles. The molecule has 0 radical (unpaired) electrons. The van der Waals surface area contributed by atoms with Crippen LogP contribution >= 0.6 is 0 Å². The molecule has 7 nitrogen and oxygen atoms in total. The number of hydrogen-bond acceptors (Lipinski definition) is 4. The molecule has 0 spiro atoms. The van der Waals surface area contributed by atoms with Gasteiger partial charge < -0.3 is 15.2 Å². The van der Waals surface area contributed by atoms with Crippen LogP contribution in [0.2, 0.25) is 0 Å². The molecule has 1 amide bonds. The molecule has 2 aromatic rings. The molecule has 28 heavy (non-hydrogen) atoms. The normalized spacial score (nSPS) is 19.4. The summed E-state index contributed by atoms with van der Waals surface area (Å²) in [5.41, 5.74) is 1.10. The van der Waals surface area contributed by atoms with Crippen LogP contribution in [0.25, 0.3) is 5.69 Å². The third-order valence-corrected chi connectivity index (χ3v) is 4.90. The molecule has 1 aromatic carbocycles. The molecule has 2 N–H and O–H groups in total. The fourth-order valence-corrected chi connectivity index (χ4v) is 3.33. The largest absolute Gasteiger partial charge is 0.489 e. The first-order valence-corrected chi connectivity index (χ1v) is 9.75. The summed E-state index contributed by atoms with van der Waals surface area (Å²) in [4.78, 5) is 24.0. The number of ether oxygens (including phenoxy) is 1. The molecular formula is C21H27N3O4. The van der Waals surface area contributed by atoms with Crippen molar-refractivity contribution >= 4 is 11.9 Å². The van der Waals surface area contributed by atoms with Crippen LogP contribution in [0, 0.1) is 11.8 Å². The number of benzene rings is 1. The van der Waals surface area contributed by atoms with Gasteiger partial charge in [0, 0.05) is 6.04 Å². The lowest BCUT2D eigenvalue weighted by molar-refractivity contribution is -0.142. The number of aromatic nitrogens is 2. The lowest BCUT2D eigenvalue weighted by Crippen LogP contribution is -2.39. The summed E-state index contributed by atoms with van der Waals surface area (Å²) in [6.07, 6.45) is 4.20. The smallest absolute Gasteiger partial charge is 0.306 e. The van der Waals surface area contributed by atoms with Crippen molar-refractivity contribution in [2.24, 2.45) is 11.8 Å². The molecule has 0 unspecified atom stereocenters. The SMILES string of the molecule is CC(C)COc1cn(-c2ccccc2)nc1C(=O)NC1CCC(C(=O)O)CC1. The Bertz CT molecular complexity index is 808. The van der Waals surface area contributed by atoms with E-state index in [1.807, 2.05) is 44.2 Å². The number of aliphatic carboxylic acids is 1. The highest BCUT2D eigenvalue weighted by Gasteiger charge is 2.28. The quantitative estimate of drug-likeness (QED) is 0.763. The molecule has 0 atom stereocenters. The van der Waals surface area contributed by atoms with E-state index < -0.39 is 5.97 Å². The van der Waals surface area contributed by atoms with Gasteiger partial charge in [0.15, 0.2) is 11.4 Å². The summed E-state index contributed by atoms with van der Waals surface area (Å²) in [7, 11) is 0. The average molecular weight is 385 g/mol. The number of carbonyl (C=O) groups excluding carboxylic acids is 1. The van der Waals surface area contributed by atoms with E-state index >= 15 is 0 Å². The van der Waals surface area contributed by atoms with Crippen molar-refractivity contribution in [2.45, 2.75) is 45.6 Å². The lowest BCUT2D eigenvalue weighted by atomic mass is 9.86. The molecule has 1 fully saturated rings. The van der Waals surface area contributed by atoms with Gasteiger partial charge in [-0.15, -0.1) is 0 Å². The predicted octanol–water partition coefficient (Wildman–Crippen LogP) is 3.28. The zero-order valence-corrected chi connectivity index (χ0v) is 16.3. The molecule has 1 saturated carbocycles. The van der Waals surface area contributed by atoms with E-state index in [0.29, 0.717) is 44.0 Å². The van der Waals surface area contributed by atoms with Gasteiger partial charge in [0.2, 0.25) is 0 Å². The maximum absolute atomic E-state index is 12.9. The Morgan fingerprint density at radius 3 is 2.50 bits per heavy atom. The van der Waals surface area contributed by atoms with Crippen LogP contribution in [0.1, 0.15) is 50.0 Å². The molecular weight excluding hydrogens is 358 g/mol. The van der Waals surface area contributed by atoms with Crippen molar-refractivity contribution in [3.8, 4) is 11.4 Å². The topological polar surface area (TPSA) is 93.5 Å². The summed E-state index contributed by atoms with van der Waals surface area (Å²) in [6, 6.07) is 9.52. The first-order chi connectivity index (χ1) is 13.4. The first-order valence-electron chi connectivity index (χ1n) is 9.75. The van der Waals surface area contributed by atoms with Gasteiger partial charge >= 0.3 is 5.97 Å². The van der Waals surface area contributed by atoms with Crippen LogP contribution in [-0.2, 0) is 4.79 Å². The van der Waals surface area contributed by atoms with Gasteiger partial charge in [-0.05, 0) is 43.7 Å². The second-order valence-electron chi connectivity index (χ2n) is 7.69. The molecule has 1 aliphatic carbocycles. The van der Waals surface area contributed by atoms with Crippen LogP contribution in [0.15, 0.2) is 36.5 Å². The molecule has 7 heteroatoms. The lowest BCUT2D eigenvalue weighted by Gasteiger charge is -2.26. The Balaban J connectivity index is 1.74. The Morgan fingerprint density at radius 2 is 1.89 bits per heavy atom. The van der Waals surface area contributed by atoms with Crippen LogP contribution in [0.5, 0.6) is 5.75 Å². The summed E-state index contributed by atoms with van der Waals surface area (Å²) in [6.45, 7) is 4.58. The van der Waals surface area contributed by atoms with Gasteiger partial charge in [-0.3, -0.25) is 9.59 Å². The maximum atomic E-state index is 12.9. The Kier molecular flexibility index (Phi) is 6.34. The minimum Gasteiger partial charge on any atom is -0.489 e. The van der Waals surface area contributed by atoms with Crippen LogP contribution in [-0.4, -0.2) is 39.4 Å². The van der Waals surface area contributed by atoms with E-state index in [0.717, 1.165) is 5.69 Å². The third-order valence-electron chi connectivity index (χ3n) is 4.90. The van der Waals surface area contributed by atoms with Gasteiger partial charge in [-0.25, -0.2) is 4.68 Å². The molecule has 1 aliphatic rings. The van der Waals surface area contributed by atoms with Crippen LogP contribution in [0.4, 0.5) is 0 Å². The Hall–Kier alpha value is -2.83. The zero-order valence-electron chi connectivity index (χ0n) is 16.3. The summed E-state index contributed by atoms with van der Waals surface area (Å²) < 4.78 is 7.48. The number of hydrogen-bond donors (Lipinski definition) is 2. The number of amides is 1. The third kappa shape index (κ3) is 4.91. The number of para-hydroxylation sites is 1. The van der Waals surface area contributed by atoms with Crippen molar-refractivity contribution in [3.05, 3.63) is 42.2 Å². The monoisotopic (exact) mass is 385 g/mol. The number of nitrogens with zero attached hydrogens (tertiary/aromatic N) is 2. The minimum atomic E-state index is -0.754. The highest BCUT2D eigenvalue weighted by molar-refractivity contribution is 5.95. The van der Waals surface area contributed by atoms with Gasteiger partial charge in [0.05, 0.1) is 24.4 Å².